The van der Waals surface area contributed by atoms with Crippen LogP contribution in [0, 0.1) is 12.3 Å². The molecule has 0 N–H and O–H groups in total. The molecule has 0 radical (unpaired) electrons. The first-order valence-corrected chi connectivity index (χ1v) is 8.39. The van der Waals surface area contributed by atoms with Crippen LogP contribution in [0.25, 0.3) is 0 Å². The first kappa shape index (κ1) is 14.8. The van der Waals surface area contributed by atoms with Gasteiger partial charge < -0.3 is 0 Å². The van der Waals surface area contributed by atoms with Crippen molar-refractivity contribution >= 4 is 21.6 Å². The zero-order valence-electron chi connectivity index (χ0n) is 11.6. The van der Waals surface area contributed by atoms with Gasteiger partial charge in [-0.2, -0.15) is 4.31 Å². The summed E-state index contributed by atoms with van der Waals surface area (Å²) in [6.07, 6.45) is 0.903. The molecule has 2 rings (SSSR count). The van der Waals surface area contributed by atoms with E-state index in [1.54, 1.807) is 16.4 Å². The highest BCUT2D eigenvalue weighted by Crippen LogP contribution is 2.33. The maximum Gasteiger partial charge on any atom is 0.243 e. The Labute approximate surface area is 120 Å². The number of aryl methyl sites for hydroxylation is 1. The average Bonchev–Trinajstić information content (AvgIpc) is 2.70. The van der Waals surface area contributed by atoms with Crippen LogP contribution in [0.15, 0.2) is 23.1 Å². The summed E-state index contributed by atoms with van der Waals surface area (Å²) in [5.74, 6) is 0.334. The average molecular weight is 302 g/mol. The zero-order chi connectivity index (χ0) is 14.3. The Hall–Kier alpha value is -0.580. The summed E-state index contributed by atoms with van der Waals surface area (Å²) in [6, 6.07) is 5.20. The predicted octanol–water partition coefficient (Wildman–Crippen LogP) is 3.15. The molecule has 1 heterocycles. The molecule has 0 spiro atoms. The van der Waals surface area contributed by atoms with Crippen molar-refractivity contribution in [1.29, 1.82) is 0 Å². The van der Waals surface area contributed by atoms with Gasteiger partial charge in [0.05, 0.1) is 4.90 Å². The van der Waals surface area contributed by atoms with Gasteiger partial charge >= 0.3 is 0 Å². The lowest BCUT2D eigenvalue weighted by molar-refractivity contribution is 0.375. The minimum absolute atomic E-state index is 0.0626. The Morgan fingerprint density at radius 3 is 2.58 bits per heavy atom. The molecule has 0 atom stereocenters. The second-order valence-electron chi connectivity index (χ2n) is 5.97. The highest BCUT2D eigenvalue weighted by molar-refractivity contribution is 7.89. The number of nitrogens with zero attached hydrogens (tertiary/aromatic N) is 1. The summed E-state index contributed by atoms with van der Waals surface area (Å²) in [6.45, 7) is 7.32. The monoisotopic (exact) mass is 301 g/mol. The molecular formula is C14H20ClNO2S. The molecule has 3 nitrogen and oxygen atoms in total. The summed E-state index contributed by atoms with van der Waals surface area (Å²) in [4.78, 5) is 0.353. The molecule has 0 bridgehead atoms. The van der Waals surface area contributed by atoms with Crippen LogP contribution in [0.5, 0.6) is 0 Å². The van der Waals surface area contributed by atoms with Gasteiger partial charge in [-0.15, -0.1) is 11.6 Å². The smallest absolute Gasteiger partial charge is 0.207 e. The van der Waals surface area contributed by atoms with Gasteiger partial charge in [-0.05, 0) is 42.0 Å². The largest absolute Gasteiger partial charge is 0.243 e. The van der Waals surface area contributed by atoms with Crippen molar-refractivity contribution in [2.45, 2.75) is 38.0 Å². The molecule has 1 saturated heterocycles. The number of sulfonamides is 1. The van der Waals surface area contributed by atoms with Crippen molar-refractivity contribution < 1.29 is 8.42 Å². The summed E-state index contributed by atoms with van der Waals surface area (Å²) in [7, 11) is -3.38. The topological polar surface area (TPSA) is 37.4 Å². The summed E-state index contributed by atoms with van der Waals surface area (Å²) in [5, 5.41) is 0. The number of hydrogen-bond donors (Lipinski definition) is 0. The number of benzene rings is 1. The lowest BCUT2D eigenvalue weighted by Crippen LogP contribution is -2.30. The minimum Gasteiger partial charge on any atom is -0.207 e. The van der Waals surface area contributed by atoms with Crippen LogP contribution in [0.4, 0.5) is 0 Å². The van der Waals surface area contributed by atoms with E-state index in [0.29, 0.717) is 23.9 Å². The number of rotatable bonds is 3. The van der Waals surface area contributed by atoms with E-state index in [1.807, 2.05) is 13.0 Å². The van der Waals surface area contributed by atoms with Crippen LogP contribution in [0.2, 0.25) is 0 Å². The molecule has 1 aromatic rings. The summed E-state index contributed by atoms with van der Waals surface area (Å²) in [5.41, 5.74) is 1.96. The van der Waals surface area contributed by atoms with Gasteiger partial charge in [0, 0.05) is 19.0 Å². The van der Waals surface area contributed by atoms with Crippen LogP contribution in [-0.2, 0) is 15.9 Å². The normalized spacial score (nSPS) is 19.8. The third-order valence-corrected chi connectivity index (χ3v) is 5.87. The second kappa shape index (κ2) is 5.08. The SMILES string of the molecule is Cc1ccc(S(=O)(=O)N2CCC(C)(C)C2)cc1CCl. The van der Waals surface area contributed by atoms with Crippen molar-refractivity contribution in [1.82, 2.24) is 4.31 Å². The number of hydrogen-bond acceptors (Lipinski definition) is 2. The van der Waals surface area contributed by atoms with Gasteiger partial charge in [-0.3, -0.25) is 0 Å². The zero-order valence-corrected chi connectivity index (χ0v) is 13.2. The molecular weight excluding hydrogens is 282 g/mol. The van der Waals surface area contributed by atoms with E-state index in [1.165, 1.54) is 0 Å². The van der Waals surface area contributed by atoms with Crippen molar-refractivity contribution in [2.24, 2.45) is 5.41 Å². The highest BCUT2D eigenvalue weighted by Gasteiger charge is 2.36. The van der Waals surface area contributed by atoms with Gasteiger partial charge in [0.25, 0.3) is 0 Å². The first-order chi connectivity index (χ1) is 8.76. The van der Waals surface area contributed by atoms with E-state index >= 15 is 0 Å². The Morgan fingerprint density at radius 1 is 1.37 bits per heavy atom. The quantitative estimate of drug-likeness (QED) is 0.804. The molecule has 1 aromatic carbocycles. The van der Waals surface area contributed by atoms with Gasteiger partial charge in [0.15, 0.2) is 0 Å². The molecule has 19 heavy (non-hydrogen) atoms. The van der Waals surface area contributed by atoms with Crippen LogP contribution in [0.1, 0.15) is 31.4 Å². The fraction of sp³-hybridized carbons (Fsp3) is 0.571. The molecule has 1 aliphatic rings. The standard InChI is InChI=1S/C14H20ClNO2S/c1-11-4-5-13(8-12(11)9-15)19(17,18)16-7-6-14(2,3)10-16/h4-5,8H,6-7,9-10H2,1-3H3. The third kappa shape index (κ3) is 2.96. The van der Waals surface area contributed by atoms with Crippen molar-refractivity contribution in [3.05, 3.63) is 29.3 Å². The van der Waals surface area contributed by atoms with Crippen LogP contribution < -0.4 is 0 Å². The Kier molecular flexibility index (Phi) is 3.96. The van der Waals surface area contributed by atoms with Gasteiger partial charge in [-0.1, -0.05) is 19.9 Å². The minimum atomic E-state index is -3.38. The van der Waals surface area contributed by atoms with Gasteiger partial charge in [0.2, 0.25) is 10.0 Å². The van der Waals surface area contributed by atoms with Gasteiger partial charge in [0.1, 0.15) is 0 Å². The predicted molar refractivity (Wildman–Crippen MR) is 77.9 cm³/mol. The number of halogens is 1. The molecule has 106 valence electrons. The van der Waals surface area contributed by atoms with Crippen molar-refractivity contribution in [2.75, 3.05) is 13.1 Å². The maximum atomic E-state index is 12.6. The Balaban J connectivity index is 2.35. The molecule has 0 aromatic heterocycles. The lowest BCUT2D eigenvalue weighted by atomic mass is 9.93. The molecule has 1 fully saturated rings. The van der Waals surface area contributed by atoms with Crippen molar-refractivity contribution in [3.63, 3.8) is 0 Å². The molecule has 0 aliphatic carbocycles. The highest BCUT2D eigenvalue weighted by atomic mass is 35.5. The molecule has 0 unspecified atom stereocenters. The summed E-state index contributed by atoms with van der Waals surface area (Å²) >= 11 is 5.85. The van der Waals surface area contributed by atoms with Crippen LogP contribution in [0.3, 0.4) is 0 Å². The van der Waals surface area contributed by atoms with E-state index in [4.69, 9.17) is 11.6 Å². The summed E-state index contributed by atoms with van der Waals surface area (Å²) < 4.78 is 26.7. The fourth-order valence-electron chi connectivity index (χ4n) is 2.37. The lowest BCUT2D eigenvalue weighted by Gasteiger charge is -2.20. The molecule has 5 heteroatoms. The third-order valence-electron chi connectivity index (χ3n) is 3.74. The van der Waals surface area contributed by atoms with E-state index < -0.39 is 10.0 Å². The molecule has 0 amide bonds. The fourth-order valence-corrected chi connectivity index (χ4v) is 4.34. The van der Waals surface area contributed by atoms with Crippen molar-refractivity contribution in [3.8, 4) is 0 Å². The maximum absolute atomic E-state index is 12.6. The second-order valence-corrected chi connectivity index (χ2v) is 8.18. The van der Waals surface area contributed by atoms with E-state index in [9.17, 15) is 8.42 Å². The Morgan fingerprint density at radius 2 is 2.05 bits per heavy atom. The van der Waals surface area contributed by atoms with E-state index in [2.05, 4.69) is 13.8 Å². The van der Waals surface area contributed by atoms with Gasteiger partial charge in [-0.25, -0.2) is 8.42 Å². The van der Waals surface area contributed by atoms with E-state index in [0.717, 1.165) is 17.5 Å². The van der Waals surface area contributed by atoms with Crippen LogP contribution >= 0.6 is 11.6 Å². The van der Waals surface area contributed by atoms with E-state index in [-0.39, 0.29) is 5.41 Å². The van der Waals surface area contributed by atoms with Crippen LogP contribution in [-0.4, -0.2) is 25.8 Å². The molecule has 1 aliphatic heterocycles. The Bertz CT molecular complexity index is 581. The molecule has 0 saturated carbocycles. The first-order valence-electron chi connectivity index (χ1n) is 6.42. The number of alkyl halides is 1.